The number of benzene rings is 4. The van der Waals surface area contributed by atoms with Crippen molar-refractivity contribution < 1.29 is 32.3 Å². The van der Waals surface area contributed by atoms with Crippen molar-refractivity contribution in [3.8, 4) is 33.9 Å². The van der Waals surface area contributed by atoms with Gasteiger partial charge in [0.25, 0.3) is 17.0 Å². The lowest BCUT2D eigenvalue weighted by Crippen LogP contribution is -2.25. The summed E-state index contributed by atoms with van der Waals surface area (Å²) >= 11 is 0. The van der Waals surface area contributed by atoms with Crippen LogP contribution < -0.4 is 27.1 Å². The lowest BCUT2D eigenvalue weighted by Gasteiger charge is -2.18. The molecule has 8 aromatic rings. The first-order valence-electron chi connectivity index (χ1n) is 27.0. The van der Waals surface area contributed by atoms with Crippen molar-refractivity contribution in [3.63, 3.8) is 0 Å². The fourth-order valence-corrected chi connectivity index (χ4v) is 9.23. The van der Waals surface area contributed by atoms with Crippen LogP contribution in [0.25, 0.3) is 56.0 Å². The molecule has 0 aliphatic rings. The molecule has 8 rings (SSSR count). The summed E-state index contributed by atoms with van der Waals surface area (Å²) in [5, 5.41) is 19.6. The Morgan fingerprint density at radius 1 is 0.537 bits per heavy atom. The van der Waals surface area contributed by atoms with E-state index in [0.29, 0.717) is 58.5 Å². The molecule has 16 nitrogen and oxygen atoms in total. The second-order valence-corrected chi connectivity index (χ2v) is 19.0. The molecule has 0 fully saturated rings. The Morgan fingerprint density at radius 3 is 1.35 bits per heavy atom. The number of carboxylic acid groups (broad SMARTS) is 1. The minimum atomic E-state index is -1.11. The van der Waals surface area contributed by atoms with Crippen molar-refractivity contribution in [1.29, 1.82) is 0 Å². The Balaban J connectivity index is 0.000000232. The van der Waals surface area contributed by atoms with Gasteiger partial charge in [-0.15, -0.1) is 0 Å². The number of fused-ring (bicyclic) bond motifs is 2. The Morgan fingerprint density at radius 2 is 0.950 bits per heavy atom. The van der Waals surface area contributed by atoms with Crippen LogP contribution in [0.5, 0.6) is 0 Å². The summed E-state index contributed by atoms with van der Waals surface area (Å²) < 4.78 is 61.5. The number of aromatic nitrogens is 6. The SMILES string of the molecule is CCCCNC(=O)c1ccc(C)c(-c2nc(NCCCN(CC)CC)nc3c2ccc(=O)n3-c2c(F)cccc2F)c1.CCN(CC)CCCNc1nc(-c2cc(C(=O)O)ccc2C)c2ccc(=O)n(-c3c(F)cccc3F)c2n1. The number of carbonyl (C=O) groups is 2. The highest BCUT2D eigenvalue weighted by atomic mass is 19.1. The van der Waals surface area contributed by atoms with Crippen molar-refractivity contribution in [2.45, 2.75) is 74.1 Å². The number of hydrogen-bond donors (Lipinski definition) is 4. The predicted octanol–water partition coefficient (Wildman–Crippen LogP) is 10.6. The van der Waals surface area contributed by atoms with Crippen molar-refractivity contribution in [3.05, 3.63) is 163 Å². The summed E-state index contributed by atoms with van der Waals surface area (Å²) in [7, 11) is 0. The number of aryl methyl sites for hydroxylation is 2. The van der Waals surface area contributed by atoms with Crippen molar-refractivity contribution in [2.24, 2.45) is 0 Å². The highest BCUT2D eigenvalue weighted by molar-refractivity contribution is 5.99. The smallest absolute Gasteiger partial charge is 0.335 e. The third kappa shape index (κ3) is 13.7. The van der Waals surface area contributed by atoms with Crippen molar-refractivity contribution in [1.82, 2.24) is 44.2 Å². The van der Waals surface area contributed by atoms with E-state index in [1.807, 2.05) is 13.0 Å². The number of unbranched alkanes of at least 4 members (excludes halogenated alkanes) is 1. The highest BCUT2D eigenvalue weighted by Crippen LogP contribution is 2.34. The van der Waals surface area contributed by atoms with Gasteiger partial charge in [-0.25, -0.2) is 32.3 Å². The molecule has 0 spiro atoms. The number of nitrogens with one attached hydrogen (secondary N) is 3. The Hall–Kier alpha value is -8.36. The molecule has 20 heteroatoms. The zero-order valence-corrected chi connectivity index (χ0v) is 46.1. The van der Waals surface area contributed by atoms with Gasteiger partial charge in [-0.3, -0.25) is 23.5 Å². The zero-order valence-electron chi connectivity index (χ0n) is 46.1. The number of carbonyl (C=O) groups excluding carboxylic acids is 1. The van der Waals surface area contributed by atoms with Gasteiger partial charge in [-0.2, -0.15) is 9.97 Å². The molecular weight excluding hydrogens is 1030 g/mol. The Bertz CT molecular complexity index is 3600. The minimum absolute atomic E-state index is 0.00197. The first-order valence-corrected chi connectivity index (χ1v) is 27.0. The van der Waals surface area contributed by atoms with Crippen molar-refractivity contribution in [2.75, 3.05) is 69.5 Å². The summed E-state index contributed by atoms with van der Waals surface area (Å²) in [6.45, 7) is 21.2. The van der Waals surface area contributed by atoms with E-state index in [1.54, 1.807) is 31.2 Å². The monoisotopic (exact) mass is 1100 g/mol. The molecule has 0 saturated heterocycles. The minimum Gasteiger partial charge on any atom is -0.478 e. The van der Waals surface area contributed by atoms with Gasteiger partial charge in [0.05, 0.1) is 17.0 Å². The van der Waals surface area contributed by atoms with E-state index in [2.05, 4.69) is 75.3 Å². The third-order valence-electron chi connectivity index (χ3n) is 13.8. The van der Waals surface area contributed by atoms with E-state index in [-0.39, 0.29) is 34.7 Å². The topological polar surface area (TPSA) is 192 Å². The molecule has 4 N–H and O–H groups in total. The molecule has 4 aromatic heterocycles. The maximum atomic E-state index is 15.0. The van der Waals surface area contributed by atoms with Gasteiger partial charge in [0.15, 0.2) is 11.3 Å². The van der Waals surface area contributed by atoms with Crippen LogP contribution in [0.1, 0.15) is 92.1 Å². The molecular formula is C60H67F4N11O5. The molecule has 420 valence electrons. The van der Waals surface area contributed by atoms with E-state index in [0.717, 1.165) is 109 Å². The van der Waals surface area contributed by atoms with Crippen LogP contribution in [0, 0.1) is 37.1 Å². The van der Waals surface area contributed by atoms with Crippen LogP contribution in [0.4, 0.5) is 29.5 Å². The number of anilines is 2. The van der Waals surface area contributed by atoms with Gasteiger partial charge in [0.1, 0.15) is 34.6 Å². The normalized spacial score (nSPS) is 11.3. The molecule has 4 heterocycles. The Labute approximate surface area is 461 Å². The average Bonchev–Trinajstić information content (AvgIpc) is 3.45. The van der Waals surface area contributed by atoms with E-state index in [1.165, 1.54) is 42.5 Å². The number of carboxylic acids is 1. The van der Waals surface area contributed by atoms with Gasteiger partial charge < -0.3 is 30.9 Å². The molecule has 0 bridgehead atoms. The van der Waals surface area contributed by atoms with E-state index >= 15 is 0 Å². The van der Waals surface area contributed by atoms with Gasteiger partial charge in [-0.05, 0) is 144 Å². The van der Waals surface area contributed by atoms with Crippen LogP contribution >= 0.6 is 0 Å². The fraction of sp³-hybridized carbons (Fsp3) is 0.333. The highest BCUT2D eigenvalue weighted by Gasteiger charge is 2.24. The fourth-order valence-electron chi connectivity index (χ4n) is 9.23. The maximum absolute atomic E-state index is 15.0. The summed E-state index contributed by atoms with van der Waals surface area (Å²) in [6.07, 6.45) is 3.43. The van der Waals surface area contributed by atoms with Gasteiger partial charge >= 0.3 is 5.97 Å². The number of halogens is 4. The zero-order chi connectivity index (χ0) is 57.6. The molecule has 1 amide bonds. The molecule has 0 atom stereocenters. The van der Waals surface area contributed by atoms with Crippen molar-refractivity contribution >= 4 is 45.8 Å². The summed E-state index contributed by atoms with van der Waals surface area (Å²) in [5.41, 5.74) is 1.71. The lowest BCUT2D eigenvalue weighted by molar-refractivity contribution is 0.0696. The lowest BCUT2D eigenvalue weighted by atomic mass is 9.99. The van der Waals surface area contributed by atoms with E-state index in [4.69, 9.17) is 4.98 Å². The molecule has 0 radical (unpaired) electrons. The van der Waals surface area contributed by atoms with Crippen LogP contribution in [0.3, 0.4) is 0 Å². The number of rotatable bonds is 23. The second-order valence-electron chi connectivity index (χ2n) is 19.0. The predicted molar refractivity (Wildman–Crippen MR) is 306 cm³/mol. The number of pyridine rings is 2. The number of para-hydroxylation sites is 2. The van der Waals surface area contributed by atoms with Crippen LogP contribution in [0.2, 0.25) is 0 Å². The van der Waals surface area contributed by atoms with E-state index < -0.39 is 51.7 Å². The summed E-state index contributed by atoms with van der Waals surface area (Å²) in [5.74, 6) is -4.56. The maximum Gasteiger partial charge on any atom is 0.335 e. The second kappa shape index (κ2) is 27.5. The average molecular weight is 1100 g/mol. The standard InChI is InChI=1S/C32H38F2N6O2.C28H29F2N5O3/c1-5-8-17-35-31(42)22-14-13-21(4)24(20-22)28-23-15-16-27(41)40(29-25(33)11-9-12-26(29)34)30(23)38-32(37-28)36-18-10-19-39(6-2)7-3;1-4-34(5-2)15-7-14-31-28-32-24(20-16-18(27(37)38)11-10-17(20)3)19-12-13-23(36)35(26(19)33-28)25-21(29)8-6-9-22(25)30/h9,11-16,20H,5-8,10,17-19H2,1-4H3,(H,35,42)(H,36,37,38);6,8-13,16H,4-5,7,14-15H2,1-3H3,(H,37,38)(H,31,32,33). The third-order valence-corrected chi connectivity index (χ3v) is 13.8. The molecule has 0 aliphatic heterocycles. The Kier molecular flexibility index (Phi) is 20.4. The number of aromatic carboxylic acids is 1. The number of nitrogens with zero attached hydrogens (tertiary/aromatic N) is 8. The van der Waals surface area contributed by atoms with E-state index in [9.17, 15) is 41.8 Å². The number of amides is 1. The molecule has 4 aromatic carbocycles. The molecule has 0 aliphatic carbocycles. The van der Waals surface area contributed by atoms with Gasteiger partial charge in [0, 0.05) is 59.2 Å². The molecule has 0 unspecified atom stereocenters. The van der Waals surface area contributed by atoms with Crippen LogP contribution in [-0.2, 0) is 0 Å². The van der Waals surface area contributed by atoms with Crippen LogP contribution in [-0.4, -0.2) is 115 Å². The number of hydrogen-bond acceptors (Lipinski definition) is 12. The van der Waals surface area contributed by atoms with Gasteiger partial charge in [-0.1, -0.05) is 65.3 Å². The first kappa shape index (κ1) is 59.3. The molecule has 80 heavy (non-hydrogen) atoms. The summed E-state index contributed by atoms with van der Waals surface area (Å²) in [6, 6.07) is 22.2. The quantitative estimate of drug-likeness (QED) is 0.0350. The summed E-state index contributed by atoms with van der Waals surface area (Å²) in [4.78, 5) is 73.8. The van der Waals surface area contributed by atoms with Crippen LogP contribution in [0.15, 0.2) is 107 Å². The largest absolute Gasteiger partial charge is 0.478 e. The molecule has 0 saturated carbocycles. The van der Waals surface area contributed by atoms with Gasteiger partial charge in [0.2, 0.25) is 11.9 Å². The first-order chi connectivity index (χ1) is 38.5.